The second-order valence-corrected chi connectivity index (χ2v) is 9.83. The van der Waals surface area contributed by atoms with Crippen molar-refractivity contribution in [3.63, 3.8) is 0 Å². The number of alkyl halides is 1. The Morgan fingerprint density at radius 2 is 1.94 bits per heavy atom. The van der Waals surface area contributed by atoms with Crippen molar-refractivity contribution in [2.45, 2.75) is 49.7 Å². The van der Waals surface area contributed by atoms with E-state index in [0.29, 0.717) is 28.5 Å². The van der Waals surface area contributed by atoms with Gasteiger partial charge in [0.2, 0.25) is 0 Å². The Bertz CT molecular complexity index is 1150. The molecule has 182 valence electrons. The molecule has 0 spiro atoms. The Labute approximate surface area is 214 Å². The SMILES string of the molecule is CCOc1cc2ncnc(Nc3ccc(F)c(CI)c3)c2cc1C(C)(C)N1CCC(OC)CC1. The van der Waals surface area contributed by atoms with Crippen LogP contribution in [-0.4, -0.2) is 47.8 Å². The minimum Gasteiger partial charge on any atom is -0.493 e. The number of piperidine rings is 1. The van der Waals surface area contributed by atoms with Gasteiger partial charge in [-0.25, -0.2) is 14.4 Å². The van der Waals surface area contributed by atoms with Crippen LogP contribution in [0.25, 0.3) is 10.9 Å². The highest BCUT2D eigenvalue weighted by Gasteiger charge is 2.35. The molecule has 0 aliphatic carbocycles. The number of fused-ring (bicyclic) bond motifs is 1. The van der Waals surface area contributed by atoms with Gasteiger partial charge in [0.15, 0.2) is 0 Å². The molecule has 0 unspecified atom stereocenters. The fourth-order valence-electron chi connectivity index (χ4n) is 4.65. The summed E-state index contributed by atoms with van der Waals surface area (Å²) < 4.78 is 26.3. The second kappa shape index (κ2) is 10.7. The molecule has 0 saturated carbocycles. The smallest absolute Gasteiger partial charge is 0.141 e. The number of ether oxygens (including phenoxy) is 2. The van der Waals surface area contributed by atoms with E-state index < -0.39 is 0 Å². The molecular weight excluding hydrogens is 546 g/mol. The lowest BCUT2D eigenvalue weighted by molar-refractivity contribution is 0.00441. The van der Waals surface area contributed by atoms with E-state index in [1.54, 1.807) is 19.5 Å². The molecule has 1 saturated heterocycles. The molecule has 0 amide bonds. The van der Waals surface area contributed by atoms with Crippen LogP contribution in [0.1, 0.15) is 44.7 Å². The Hall–Kier alpha value is -2.04. The highest BCUT2D eigenvalue weighted by Crippen LogP contribution is 2.40. The van der Waals surface area contributed by atoms with Crippen molar-refractivity contribution in [2.75, 3.05) is 32.1 Å². The molecule has 1 aliphatic heterocycles. The monoisotopic (exact) mass is 578 g/mol. The number of nitrogens with zero attached hydrogens (tertiary/aromatic N) is 3. The van der Waals surface area contributed by atoms with Gasteiger partial charge in [-0.2, -0.15) is 0 Å². The summed E-state index contributed by atoms with van der Waals surface area (Å²) in [6.45, 7) is 8.98. The fourth-order valence-corrected chi connectivity index (χ4v) is 5.23. The van der Waals surface area contributed by atoms with Crippen LogP contribution >= 0.6 is 22.6 Å². The van der Waals surface area contributed by atoms with Crippen molar-refractivity contribution in [1.82, 2.24) is 14.9 Å². The van der Waals surface area contributed by atoms with Gasteiger partial charge in [0.25, 0.3) is 0 Å². The number of hydrogen-bond acceptors (Lipinski definition) is 6. The van der Waals surface area contributed by atoms with Gasteiger partial charge in [-0.3, -0.25) is 4.90 Å². The van der Waals surface area contributed by atoms with Gasteiger partial charge in [0.1, 0.15) is 23.7 Å². The lowest BCUT2D eigenvalue weighted by atomic mass is 9.88. The molecule has 4 rings (SSSR count). The summed E-state index contributed by atoms with van der Waals surface area (Å²) in [5, 5.41) is 4.28. The largest absolute Gasteiger partial charge is 0.493 e. The van der Waals surface area contributed by atoms with Crippen LogP contribution in [-0.2, 0) is 14.7 Å². The molecule has 0 radical (unpaired) electrons. The maximum Gasteiger partial charge on any atom is 0.141 e. The van der Waals surface area contributed by atoms with Crippen molar-refractivity contribution >= 4 is 45.0 Å². The van der Waals surface area contributed by atoms with Crippen LogP contribution in [0.4, 0.5) is 15.9 Å². The van der Waals surface area contributed by atoms with E-state index in [4.69, 9.17) is 9.47 Å². The summed E-state index contributed by atoms with van der Waals surface area (Å²) in [4.78, 5) is 11.5. The third-order valence-corrected chi connectivity index (χ3v) is 7.54. The van der Waals surface area contributed by atoms with Gasteiger partial charge >= 0.3 is 0 Å². The molecule has 1 N–H and O–H groups in total. The highest BCUT2D eigenvalue weighted by atomic mass is 127. The molecule has 2 aromatic carbocycles. The second-order valence-electron chi connectivity index (χ2n) is 9.07. The lowest BCUT2D eigenvalue weighted by Gasteiger charge is -2.43. The van der Waals surface area contributed by atoms with Crippen molar-refractivity contribution in [3.05, 3.63) is 53.6 Å². The molecular formula is C26H32FIN4O2. The van der Waals surface area contributed by atoms with E-state index in [1.807, 2.05) is 19.1 Å². The number of halogens is 2. The first-order chi connectivity index (χ1) is 16.4. The summed E-state index contributed by atoms with van der Waals surface area (Å²) in [6.07, 6.45) is 3.89. The Morgan fingerprint density at radius 1 is 1.18 bits per heavy atom. The number of hydrogen-bond donors (Lipinski definition) is 1. The van der Waals surface area contributed by atoms with Crippen LogP contribution in [0.5, 0.6) is 5.75 Å². The molecule has 3 aromatic rings. The molecule has 2 heterocycles. The first-order valence-corrected chi connectivity index (χ1v) is 13.2. The molecule has 34 heavy (non-hydrogen) atoms. The van der Waals surface area contributed by atoms with E-state index in [9.17, 15) is 4.39 Å². The van der Waals surface area contributed by atoms with Crippen LogP contribution < -0.4 is 10.1 Å². The van der Waals surface area contributed by atoms with E-state index in [2.05, 4.69) is 62.7 Å². The molecule has 1 aliphatic rings. The minimum absolute atomic E-state index is 0.199. The zero-order valence-corrected chi connectivity index (χ0v) is 22.4. The average Bonchev–Trinajstić information content (AvgIpc) is 2.85. The third kappa shape index (κ3) is 5.13. The third-order valence-electron chi connectivity index (χ3n) is 6.71. The minimum atomic E-state index is -0.255. The van der Waals surface area contributed by atoms with Crippen molar-refractivity contribution in [1.29, 1.82) is 0 Å². The van der Waals surface area contributed by atoms with E-state index in [0.717, 1.165) is 53.8 Å². The van der Waals surface area contributed by atoms with Gasteiger partial charge in [0.05, 0.1) is 18.2 Å². The zero-order chi connectivity index (χ0) is 24.3. The average molecular weight is 578 g/mol. The first kappa shape index (κ1) is 25.1. The highest BCUT2D eigenvalue weighted by molar-refractivity contribution is 14.1. The number of benzene rings is 2. The predicted octanol–water partition coefficient (Wildman–Crippen LogP) is 6.19. The van der Waals surface area contributed by atoms with E-state index in [1.165, 1.54) is 6.07 Å². The molecule has 0 atom stereocenters. The summed E-state index contributed by atoms with van der Waals surface area (Å²) >= 11 is 2.17. The molecule has 1 aromatic heterocycles. The lowest BCUT2D eigenvalue weighted by Crippen LogP contribution is -2.47. The summed E-state index contributed by atoms with van der Waals surface area (Å²) in [7, 11) is 1.79. The number of aromatic nitrogens is 2. The van der Waals surface area contributed by atoms with E-state index >= 15 is 0 Å². The maximum absolute atomic E-state index is 14.0. The summed E-state index contributed by atoms with van der Waals surface area (Å²) in [5.41, 5.74) is 3.10. The van der Waals surface area contributed by atoms with Crippen molar-refractivity contribution < 1.29 is 13.9 Å². The Kier molecular flexibility index (Phi) is 7.89. The van der Waals surface area contributed by atoms with Gasteiger partial charge in [-0.05, 0) is 63.4 Å². The maximum atomic E-state index is 14.0. The zero-order valence-electron chi connectivity index (χ0n) is 20.2. The van der Waals surface area contributed by atoms with Crippen LogP contribution in [0.3, 0.4) is 0 Å². The number of methoxy groups -OCH3 is 1. The van der Waals surface area contributed by atoms with Crippen LogP contribution in [0.2, 0.25) is 0 Å². The quantitative estimate of drug-likeness (QED) is 0.254. The number of likely N-dealkylation sites (tertiary alicyclic amines) is 1. The van der Waals surface area contributed by atoms with Gasteiger partial charge < -0.3 is 14.8 Å². The topological polar surface area (TPSA) is 59.5 Å². The standard InChI is InChI=1S/C26H32FIN4O2/c1-5-34-24-14-23-20(13-21(24)26(2,3)32-10-8-19(33-4)9-11-32)25(30-16-29-23)31-18-6-7-22(27)17(12-18)15-28/h6-7,12-14,16,19H,5,8-11,15H2,1-4H3,(H,29,30,31). The van der Waals surface area contributed by atoms with Gasteiger partial charge in [0, 0.05) is 52.9 Å². The number of rotatable bonds is 8. The first-order valence-electron chi connectivity index (χ1n) is 11.7. The van der Waals surface area contributed by atoms with Crippen LogP contribution in [0, 0.1) is 5.82 Å². The van der Waals surface area contributed by atoms with Crippen LogP contribution in [0.15, 0.2) is 36.7 Å². The Balaban J connectivity index is 1.75. The predicted molar refractivity (Wildman–Crippen MR) is 143 cm³/mol. The molecule has 0 bridgehead atoms. The summed E-state index contributed by atoms with van der Waals surface area (Å²) in [6, 6.07) is 9.21. The Morgan fingerprint density at radius 3 is 2.62 bits per heavy atom. The summed E-state index contributed by atoms with van der Waals surface area (Å²) in [5.74, 6) is 1.33. The van der Waals surface area contributed by atoms with Gasteiger partial charge in [-0.15, -0.1) is 0 Å². The van der Waals surface area contributed by atoms with E-state index in [-0.39, 0.29) is 11.4 Å². The van der Waals surface area contributed by atoms with Crippen molar-refractivity contribution in [2.24, 2.45) is 0 Å². The number of nitrogens with one attached hydrogen (secondary N) is 1. The number of anilines is 2. The molecule has 8 heteroatoms. The van der Waals surface area contributed by atoms with Gasteiger partial charge in [-0.1, -0.05) is 22.6 Å². The fraction of sp³-hybridized carbons (Fsp3) is 0.462. The van der Waals surface area contributed by atoms with Crippen molar-refractivity contribution in [3.8, 4) is 5.75 Å². The molecule has 1 fully saturated rings. The normalized spacial score (nSPS) is 15.6. The molecule has 6 nitrogen and oxygen atoms in total.